The van der Waals surface area contributed by atoms with Crippen LogP contribution in [-0.2, 0) is 9.59 Å². The van der Waals surface area contributed by atoms with Crippen LogP contribution in [0.5, 0.6) is 0 Å². The van der Waals surface area contributed by atoms with Gasteiger partial charge in [0.15, 0.2) is 0 Å². The van der Waals surface area contributed by atoms with Crippen LogP contribution in [0.2, 0.25) is 10.0 Å². The van der Waals surface area contributed by atoms with Crippen LogP contribution in [0.3, 0.4) is 0 Å². The second-order valence-corrected chi connectivity index (χ2v) is 8.05. The number of benzene rings is 1. The first-order valence-electron chi connectivity index (χ1n) is 8.29. The molecule has 2 bridgehead atoms. The fraction of sp³-hybridized carbons (Fsp3) is 0.389. The molecule has 5 nitrogen and oxygen atoms in total. The maximum atomic E-state index is 12.8. The first-order chi connectivity index (χ1) is 12.0. The van der Waals surface area contributed by atoms with Crippen LogP contribution in [0.25, 0.3) is 0 Å². The molecule has 1 heterocycles. The molecule has 5 aliphatic rings. The predicted octanol–water partition coefficient (Wildman–Crippen LogP) is 2.69. The van der Waals surface area contributed by atoms with Crippen molar-refractivity contribution in [3.05, 3.63) is 46.0 Å². The zero-order chi connectivity index (χ0) is 17.5. The van der Waals surface area contributed by atoms with Gasteiger partial charge >= 0.3 is 0 Å². The SMILES string of the molecule is O=C(NN1C(=O)[C@H]2[C@@H]3C=C[C@H]([C@H]4C[C@H]34)[C@@H]2C1=O)c1ccc(Cl)c(Cl)c1. The number of nitrogens with zero attached hydrogens (tertiary/aromatic N) is 1. The summed E-state index contributed by atoms with van der Waals surface area (Å²) in [6, 6.07) is 4.42. The molecule has 2 saturated carbocycles. The highest BCUT2D eigenvalue weighted by Crippen LogP contribution is 2.65. The van der Waals surface area contributed by atoms with Gasteiger partial charge < -0.3 is 0 Å². The zero-order valence-electron chi connectivity index (χ0n) is 13.0. The lowest BCUT2D eigenvalue weighted by Gasteiger charge is -2.37. The Kier molecular flexibility index (Phi) is 3.13. The Morgan fingerprint density at radius 2 is 1.60 bits per heavy atom. The van der Waals surface area contributed by atoms with E-state index in [0.717, 1.165) is 11.4 Å². The minimum atomic E-state index is -0.552. The lowest BCUT2D eigenvalue weighted by Crippen LogP contribution is -2.46. The predicted molar refractivity (Wildman–Crippen MR) is 90.5 cm³/mol. The Morgan fingerprint density at radius 3 is 2.16 bits per heavy atom. The number of allylic oxidation sites excluding steroid dienone is 2. The summed E-state index contributed by atoms with van der Waals surface area (Å²) >= 11 is 11.8. The molecule has 25 heavy (non-hydrogen) atoms. The van der Waals surface area contributed by atoms with E-state index in [9.17, 15) is 14.4 Å². The third-order valence-corrected chi connectivity index (χ3v) is 6.80. The first-order valence-corrected chi connectivity index (χ1v) is 9.05. The standard InChI is InChI=1S/C18H14Cl2N2O3/c19-12-4-1-7(5-13(12)20)16(23)21-22-17(24)14-8-2-3-9(11-6-10(8)11)15(14)18(22)25/h1-5,8-11,14-15H,6H2,(H,21,23)/t8-,9-,10-,11-,14+,15+/m1/s1. The molecule has 3 fully saturated rings. The fourth-order valence-corrected chi connectivity index (χ4v) is 5.17. The highest BCUT2D eigenvalue weighted by molar-refractivity contribution is 6.42. The van der Waals surface area contributed by atoms with E-state index in [1.807, 2.05) is 0 Å². The number of hydrogen-bond acceptors (Lipinski definition) is 3. The highest BCUT2D eigenvalue weighted by atomic mass is 35.5. The molecule has 1 N–H and O–H groups in total. The van der Waals surface area contributed by atoms with Gasteiger partial charge in [0, 0.05) is 5.56 Å². The number of amides is 3. The minimum Gasteiger partial charge on any atom is -0.272 e. The summed E-state index contributed by atoms with van der Waals surface area (Å²) in [5, 5.41) is 1.49. The quantitative estimate of drug-likeness (QED) is 0.637. The first kappa shape index (κ1) is 15.4. The molecule has 1 saturated heterocycles. The summed E-state index contributed by atoms with van der Waals surface area (Å²) in [6.45, 7) is 0. The lowest BCUT2D eigenvalue weighted by molar-refractivity contribution is -0.143. The summed E-state index contributed by atoms with van der Waals surface area (Å²) in [5.41, 5.74) is 2.71. The Bertz CT molecular complexity index is 832. The Morgan fingerprint density at radius 1 is 1.00 bits per heavy atom. The number of imide groups is 1. The molecular weight excluding hydrogens is 363 g/mol. The molecule has 0 aromatic heterocycles. The fourth-order valence-electron chi connectivity index (χ4n) is 4.87. The van der Waals surface area contributed by atoms with Crippen LogP contribution in [0.1, 0.15) is 16.8 Å². The van der Waals surface area contributed by atoms with Crippen LogP contribution in [-0.4, -0.2) is 22.7 Å². The van der Waals surface area contributed by atoms with Crippen molar-refractivity contribution in [2.24, 2.45) is 35.5 Å². The van der Waals surface area contributed by atoms with Gasteiger partial charge in [-0.2, -0.15) is 5.01 Å². The number of carbonyl (C=O) groups excluding carboxylic acids is 3. The van der Waals surface area contributed by atoms with Gasteiger partial charge in [-0.25, -0.2) is 0 Å². The van der Waals surface area contributed by atoms with Crippen LogP contribution in [0, 0.1) is 35.5 Å². The molecule has 0 spiro atoms. The second kappa shape index (κ2) is 5.08. The number of carbonyl (C=O) groups is 3. The number of halogens is 2. The molecule has 1 aliphatic heterocycles. The molecule has 1 aromatic rings. The van der Waals surface area contributed by atoms with Crippen molar-refractivity contribution >= 4 is 40.9 Å². The van der Waals surface area contributed by atoms with Crippen molar-refractivity contribution in [1.82, 2.24) is 10.4 Å². The molecule has 1 aromatic carbocycles. The van der Waals surface area contributed by atoms with Gasteiger partial charge in [-0.05, 0) is 48.3 Å². The average molecular weight is 377 g/mol. The van der Waals surface area contributed by atoms with Crippen molar-refractivity contribution < 1.29 is 14.4 Å². The van der Waals surface area contributed by atoms with Crippen molar-refractivity contribution in [3.8, 4) is 0 Å². The summed E-state index contributed by atoms with van der Waals surface area (Å²) in [5.74, 6) is -0.504. The topological polar surface area (TPSA) is 66.5 Å². The summed E-state index contributed by atoms with van der Waals surface area (Å²) in [7, 11) is 0. The Balaban J connectivity index is 1.40. The van der Waals surface area contributed by atoms with Crippen LogP contribution >= 0.6 is 23.2 Å². The number of hydrazine groups is 1. The van der Waals surface area contributed by atoms with E-state index in [1.54, 1.807) is 0 Å². The maximum Gasteiger partial charge on any atom is 0.270 e. The smallest absolute Gasteiger partial charge is 0.270 e. The van der Waals surface area contributed by atoms with Gasteiger partial charge in [-0.3, -0.25) is 19.8 Å². The van der Waals surface area contributed by atoms with Gasteiger partial charge in [0.1, 0.15) is 0 Å². The lowest BCUT2D eigenvalue weighted by atomic mass is 9.63. The number of rotatable bonds is 2. The van der Waals surface area contributed by atoms with Gasteiger partial charge in [0.05, 0.1) is 21.9 Å². The molecule has 0 unspecified atom stereocenters. The normalized spacial score (nSPS) is 37.1. The largest absolute Gasteiger partial charge is 0.272 e. The van der Waals surface area contributed by atoms with Crippen LogP contribution in [0.15, 0.2) is 30.4 Å². The van der Waals surface area contributed by atoms with Crippen molar-refractivity contribution in [2.75, 3.05) is 0 Å². The van der Waals surface area contributed by atoms with Crippen molar-refractivity contribution in [1.29, 1.82) is 0 Å². The van der Waals surface area contributed by atoms with Crippen molar-refractivity contribution in [2.45, 2.75) is 6.42 Å². The number of hydrogen-bond donors (Lipinski definition) is 1. The van der Waals surface area contributed by atoms with Gasteiger partial charge in [0.2, 0.25) is 0 Å². The Hall–Kier alpha value is -1.85. The molecule has 3 amide bonds. The third kappa shape index (κ3) is 2.06. The van der Waals surface area contributed by atoms with Gasteiger partial charge in [0.25, 0.3) is 17.7 Å². The molecule has 4 aliphatic carbocycles. The van der Waals surface area contributed by atoms with Crippen LogP contribution < -0.4 is 5.43 Å². The van der Waals surface area contributed by atoms with Gasteiger partial charge in [-0.1, -0.05) is 35.4 Å². The molecule has 0 radical (unpaired) electrons. The second-order valence-electron chi connectivity index (χ2n) is 7.24. The van der Waals surface area contributed by atoms with Crippen molar-refractivity contribution in [3.63, 3.8) is 0 Å². The summed E-state index contributed by atoms with van der Waals surface area (Å²) in [6.07, 6.45) is 5.29. The zero-order valence-corrected chi connectivity index (χ0v) is 14.5. The molecule has 128 valence electrons. The maximum absolute atomic E-state index is 12.8. The molecule has 6 atom stereocenters. The summed E-state index contributed by atoms with van der Waals surface area (Å²) in [4.78, 5) is 38.0. The van der Waals surface area contributed by atoms with E-state index in [1.165, 1.54) is 18.2 Å². The van der Waals surface area contributed by atoms with E-state index in [2.05, 4.69) is 17.6 Å². The number of nitrogens with one attached hydrogen (secondary N) is 1. The average Bonchev–Trinajstić information content (AvgIpc) is 3.38. The van der Waals surface area contributed by atoms with E-state index in [0.29, 0.717) is 16.9 Å². The highest BCUT2D eigenvalue weighted by Gasteiger charge is 2.67. The van der Waals surface area contributed by atoms with E-state index in [-0.39, 0.29) is 46.1 Å². The molecule has 6 rings (SSSR count). The van der Waals surface area contributed by atoms with E-state index in [4.69, 9.17) is 23.2 Å². The van der Waals surface area contributed by atoms with E-state index >= 15 is 0 Å². The molecular formula is C18H14Cl2N2O3. The van der Waals surface area contributed by atoms with E-state index < -0.39 is 5.91 Å². The Labute approximate surface area is 153 Å². The summed E-state index contributed by atoms with van der Waals surface area (Å²) < 4.78 is 0. The third-order valence-electron chi connectivity index (χ3n) is 6.06. The minimum absolute atomic E-state index is 0.128. The van der Waals surface area contributed by atoms with Crippen LogP contribution in [0.4, 0.5) is 0 Å². The monoisotopic (exact) mass is 376 g/mol. The van der Waals surface area contributed by atoms with Gasteiger partial charge in [-0.15, -0.1) is 0 Å². The molecule has 7 heteroatoms.